The Bertz CT molecular complexity index is 562. The van der Waals surface area contributed by atoms with Crippen molar-refractivity contribution in [1.29, 1.82) is 0 Å². The number of fused-ring (bicyclic) bond motifs is 1. The van der Waals surface area contributed by atoms with Crippen LogP contribution in [0, 0.1) is 6.92 Å². The van der Waals surface area contributed by atoms with Crippen molar-refractivity contribution in [3.8, 4) is 0 Å². The number of nitrogens with one attached hydrogen (secondary N) is 1. The lowest BCUT2D eigenvalue weighted by Gasteiger charge is -2.11. The van der Waals surface area contributed by atoms with Crippen molar-refractivity contribution in [1.82, 2.24) is 5.48 Å². The number of rotatable bonds is 5. The second-order valence-electron chi connectivity index (χ2n) is 4.18. The van der Waals surface area contributed by atoms with E-state index >= 15 is 0 Å². The molecule has 3 N–H and O–H groups in total. The maximum absolute atomic E-state index is 10.6. The van der Waals surface area contributed by atoms with E-state index in [2.05, 4.69) is 5.48 Å². The van der Waals surface area contributed by atoms with Gasteiger partial charge in [-0.15, -0.1) is 0 Å². The molecule has 1 aromatic heterocycles. The fourth-order valence-electron chi connectivity index (χ4n) is 1.90. The van der Waals surface area contributed by atoms with Gasteiger partial charge in [-0.05, 0) is 19.9 Å². The van der Waals surface area contributed by atoms with Crippen LogP contribution < -0.4 is 11.2 Å². The summed E-state index contributed by atoms with van der Waals surface area (Å²) < 4.78 is 5.76. The van der Waals surface area contributed by atoms with Gasteiger partial charge < -0.3 is 10.2 Å². The molecule has 5 heteroatoms. The summed E-state index contributed by atoms with van der Waals surface area (Å²) in [6.07, 6.45) is 0. The number of carbonyl (C=O) groups is 1. The first-order chi connectivity index (χ1) is 8.59. The Morgan fingerprint density at radius 1 is 1.50 bits per heavy atom. The van der Waals surface area contributed by atoms with E-state index in [1.165, 1.54) is 0 Å². The van der Waals surface area contributed by atoms with Gasteiger partial charge in [-0.3, -0.25) is 9.63 Å². The summed E-state index contributed by atoms with van der Waals surface area (Å²) in [5.41, 5.74) is 9.62. The molecular formula is C13H16N2O3. The quantitative estimate of drug-likeness (QED) is 0.791. The zero-order valence-electron chi connectivity index (χ0n) is 10.4. The van der Waals surface area contributed by atoms with Gasteiger partial charge in [0.2, 0.25) is 5.91 Å². The van der Waals surface area contributed by atoms with Crippen molar-refractivity contribution in [2.75, 3.05) is 6.61 Å². The average Bonchev–Trinajstić information content (AvgIpc) is 2.67. The predicted octanol–water partition coefficient (Wildman–Crippen LogP) is 1.81. The molecule has 1 atom stereocenters. The molecule has 1 heterocycles. The molecule has 1 unspecified atom stereocenters. The molecule has 0 saturated heterocycles. The number of hydrogen-bond acceptors (Lipinski definition) is 4. The van der Waals surface area contributed by atoms with Crippen LogP contribution in [-0.4, -0.2) is 12.5 Å². The number of furan rings is 1. The molecule has 1 amide bonds. The third-order valence-electron chi connectivity index (χ3n) is 2.75. The lowest BCUT2D eigenvalue weighted by atomic mass is 10.1. The molecule has 18 heavy (non-hydrogen) atoms. The van der Waals surface area contributed by atoms with E-state index < -0.39 is 5.91 Å². The van der Waals surface area contributed by atoms with E-state index in [0.717, 1.165) is 22.3 Å². The highest BCUT2D eigenvalue weighted by Crippen LogP contribution is 2.28. The number of hydrogen-bond donors (Lipinski definition) is 2. The first kappa shape index (κ1) is 12.6. The molecule has 2 rings (SSSR count). The van der Waals surface area contributed by atoms with Crippen molar-refractivity contribution in [2.45, 2.75) is 19.9 Å². The number of aryl methyl sites for hydroxylation is 1. The van der Waals surface area contributed by atoms with Gasteiger partial charge >= 0.3 is 0 Å². The maximum Gasteiger partial charge on any atom is 0.245 e. The van der Waals surface area contributed by atoms with Gasteiger partial charge in [0, 0.05) is 10.9 Å². The molecule has 0 spiro atoms. The van der Waals surface area contributed by atoms with Gasteiger partial charge in [0.05, 0.1) is 6.04 Å². The summed E-state index contributed by atoms with van der Waals surface area (Å²) in [6, 6.07) is 7.67. The van der Waals surface area contributed by atoms with Gasteiger partial charge in [0.25, 0.3) is 0 Å². The van der Waals surface area contributed by atoms with Crippen LogP contribution in [0.5, 0.6) is 0 Å². The molecular weight excluding hydrogens is 232 g/mol. The van der Waals surface area contributed by atoms with Crippen molar-refractivity contribution in [3.05, 3.63) is 35.6 Å². The molecule has 0 bridgehead atoms. The van der Waals surface area contributed by atoms with Crippen LogP contribution in [0.25, 0.3) is 11.0 Å². The lowest BCUT2D eigenvalue weighted by Crippen LogP contribution is -2.26. The summed E-state index contributed by atoms with van der Waals surface area (Å²) in [5.74, 6) is 0.275. The molecule has 96 valence electrons. The van der Waals surface area contributed by atoms with Crippen LogP contribution in [0.2, 0.25) is 0 Å². The fraction of sp³-hybridized carbons (Fsp3) is 0.308. The van der Waals surface area contributed by atoms with Crippen molar-refractivity contribution in [3.63, 3.8) is 0 Å². The molecule has 0 fully saturated rings. The van der Waals surface area contributed by atoms with Crippen molar-refractivity contribution in [2.24, 2.45) is 5.73 Å². The Labute approximate surface area is 105 Å². The van der Waals surface area contributed by atoms with E-state index in [4.69, 9.17) is 15.0 Å². The smallest absolute Gasteiger partial charge is 0.245 e. The highest BCUT2D eigenvalue weighted by molar-refractivity contribution is 5.82. The molecule has 0 saturated carbocycles. The number of amides is 1. The van der Waals surface area contributed by atoms with Crippen LogP contribution >= 0.6 is 0 Å². The Balaban J connectivity index is 2.15. The number of para-hydroxylation sites is 1. The number of benzene rings is 1. The topological polar surface area (TPSA) is 77.5 Å². The molecule has 5 nitrogen and oxygen atoms in total. The van der Waals surface area contributed by atoms with E-state index in [9.17, 15) is 4.79 Å². The third-order valence-corrected chi connectivity index (χ3v) is 2.75. The van der Waals surface area contributed by atoms with Crippen LogP contribution in [0.3, 0.4) is 0 Å². The molecule has 0 radical (unpaired) electrons. The van der Waals surface area contributed by atoms with Gasteiger partial charge in [0.1, 0.15) is 18.0 Å². The largest absolute Gasteiger partial charge is 0.459 e. The Kier molecular flexibility index (Phi) is 3.64. The minimum Gasteiger partial charge on any atom is -0.459 e. The van der Waals surface area contributed by atoms with Crippen molar-refractivity contribution < 1.29 is 14.0 Å². The van der Waals surface area contributed by atoms with Gasteiger partial charge in [0.15, 0.2) is 0 Å². The van der Waals surface area contributed by atoms with E-state index in [1.54, 1.807) is 0 Å². The number of nitrogens with two attached hydrogens (primary N) is 1. The number of carbonyl (C=O) groups excluding carboxylic acids is 1. The molecule has 0 aliphatic carbocycles. The molecule has 1 aromatic carbocycles. The highest BCUT2D eigenvalue weighted by atomic mass is 16.6. The minimum absolute atomic E-state index is 0.156. The van der Waals surface area contributed by atoms with E-state index in [0.29, 0.717) is 0 Å². The Hall–Kier alpha value is -1.85. The van der Waals surface area contributed by atoms with Crippen LogP contribution in [0.1, 0.15) is 24.3 Å². The average molecular weight is 248 g/mol. The molecule has 2 aromatic rings. The third kappa shape index (κ3) is 2.52. The van der Waals surface area contributed by atoms with Gasteiger partial charge in [-0.25, -0.2) is 0 Å². The zero-order valence-corrected chi connectivity index (χ0v) is 10.4. The summed E-state index contributed by atoms with van der Waals surface area (Å²) in [5, 5.41) is 1.08. The summed E-state index contributed by atoms with van der Waals surface area (Å²) in [6.45, 7) is 3.72. The fourth-order valence-corrected chi connectivity index (χ4v) is 1.90. The zero-order chi connectivity index (χ0) is 13.1. The van der Waals surface area contributed by atoms with Crippen LogP contribution in [0.15, 0.2) is 28.7 Å². The first-order valence-corrected chi connectivity index (χ1v) is 5.73. The summed E-state index contributed by atoms with van der Waals surface area (Å²) >= 11 is 0. The summed E-state index contributed by atoms with van der Waals surface area (Å²) in [4.78, 5) is 15.5. The second kappa shape index (κ2) is 5.20. The second-order valence-corrected chi connectivity index (χ2v) is 4.18. The Morgan fingerprint density at radius 3 is 2.89 bits per heavy atom. The van der Waals surface area contributed by atoms with E-state index in [1.807, 2.05) is 38.1 Å². The monoisotopic (exact) mass is 248 g/mol. The molecule has 0 aliphatic heterocycles. The van der Waals surface area contributed by atoms with Crippen LogP contribution in [-0.2, 0) is 9.63 Å². The highest BCUT2D eigenvalue weighted by Gasteiger charge is 2.16. The van der Waals surface area contributed by atoms with Gasteiger partial charge in [-0.2, -0.15) is 5.48 Å². The first-order valence-electron chi connectivity index (χ1n) is 5.73. The van der Waals surface area contributed by atoms with E-state index in [-0.39, 0.29) is 12.6 Å². The number of hydroxylamine groups is 1. The molecule has 0 aliphatic rings. The normalized spacial score (nSPS) is 12.8. The SMILES string of the molecule is Cc1c(C(C)NOCC(N)=O)oc2ccccc12. The Morgan fingerprint density at radius 2 is 2.22 bits per heavy atom. The predicted molar refractivity (Wildman–Crippen MR) is 67.6 cm³/mol. The standard InChI is InChI=1S/C13H16N2O3/c1-8-10-5-3-4-6-11(10)18-13(8)9(2)15-17-7-12(14)16/h3-6,9,15H,7H2,1-2H3,(H2,14,16). The maximum atomic E-state index is 10.6. The van der Waals surface area contributed by atoms with Gasteiger partial charge in [-0.1, -0.05) is 18.2 Å². The minimum atomic E-state index is -0.518. The number of primary amides is 1. The lowest BCUT2D eigenvalue weighted by molar-refractivity contribution is -0.126. The summed E-state index contributed by atoms with van der Waals surface area (Å²) in [7, 11) is 0. The van der Waals surface area contributed by atoms with Crippen molar-refractivity contribution >= 4 is 16.9 Å². The van der Waals surface area contributed by atoms with Crippen LogP contribution in [0.4, 0.5) is 0 Å².